The average Bonchev–Trinajstić information content (AvgIpc) is 2.39. The van der Waals surface area contributed by atoms with Gasteiger partial charge in [-0.1, -0.05) is 19.4 Å². The van der Waals surface area contributed by atoms with Crippen molar-refractivity contribution in [2.45, 2.75) is 26.7 Å². The van der Waals surface area contributed by atoms with Crippen molar-refractivity contribution in [3.05, 3.63) is 29.8 Å². The smallest absolute Gasteiger partial charge is 0.253 e. The molecule has 4 heteroatoms. The van der Waals surface area contributed by atoms with Crippen LogP contribution in [0.5, 0.6) is 0 Å². The summed E-state index contributed by atoms with van der Waals surface area (Å²) in [7, 11) is 0. The van der Waals surface area contributed by atoms with Gasteiger partial charge in [0.15, 0.2) is 0 Å². The summed E-state index contributed by atoms with van der Waals surface area (Å²) in [6.07, 6.45) is 2.09. The zero-order valence-electron chi connectivity index (χ0n) is 10.4. The third-order valence-corrected chi connectivity index (χ3v) is 2.67. The Labute approximate surface area is 102 Å². The summed E-state index contributed by atoms with van der Waals surface area (Å²) in [5.74, 6) is 0.0199. The van der Waals surface area contributed by atoms with Gasteiger partial charge in [-0.15, -0.1) is 0 Å². The molecule has 0 bridgehead atoms. The van der Waals surface area contributed by atoms with Gasteiger partial charge in [-0.05, 0) is 31.5 Å². The Bertz CT molecular complexity index is 390. The molecule has 1 aromatic rings. The molecule has 0 spiro atoms. The van der Waals surface area contributed by atoms with Crippen LogP contribution in [-0.2, 0) is 0 Å². The Balaban J connectivity index is 2.81. The van der Waals surface area contributed by atoms with E-state index in [1.54, 1.807) is 24.3 Å². The van der Waals surface area contributed by atoms with Crippen LogP contribution in [-0.4, -0.2) is 23.9 Å². The lowest BCUT2D eigenvalue weighted by Crippen LogP contribution is -2.31. The van der Waals surface area contributed by atoms with E-state index in [1.807, 2.05) is 11.8 Å². The van der Waals surface area contributed by atoms with Gasteiger partial charge in [0.05, 0.1) is 5.69 Å². The van der Waals surface area contributed by atoms with Gasteiger partial charge in [-0.3, -0.25) is 4.79 Å². The molecule has 1 aromatic carbocycles. The number of carbonyl (C=O) groups is 1. The lowest BCUT2D eigenvalue weighted by molar-refractivity contribution is 0.0762. The molecule has 0 aliphatic heterocycles. The molecular weight excluding hydrogens is 214 g/mol. The molecule has 0 radical (unpaired) electrons. The molecule has 17 heavy (non-hydrogen) atoms. The zero-order valence-corrected chi connectivity index (χ0v) is 10.4. The minimum Gasteiger partial charge on any atom is -0.339 e. The van der Waals surface area contributed by atoms with Gasteiger partial charge in [-0.2, -0.15) is 5.11 Å². The van der Waals surface area contributed by atoms with Crippen molar-refractivity contribution in [2.75, 3.05) is 13.1 Å². The van der Waals surface area contributed by atoms with Crippen LogP contribution in [0.25, 0.3) is 0 Å². The van der Waals surface area contributed by atoms with Crippen LogP contribution in [0.4, 0.5) is 5.69 Å². The zero-order chi connectivity index (χ0) is 12.7. The van der Waals surface area contributed by atoms with Crippen molar-refractivity contribution in [3.63, 3.8) is 0 Å². The molecule has 0 heterocycles. The number of nitrogens with one attached hydrogen (secondary N) is 1. The molecular formula is C13H19N3O. The first-order chi connectivity index (χ1) is 8.22. The minimum atomic E-state index is 0.0199. The van der Waals surface area contributed by atoms with Gasteiger partial charge in [-0.25, -0.2) is 5.53 Å². The quantitative estimate of drug-likeness (QED) is 0.750. The van der Waals surface area contributed by atoms with E-state index in [0.717, 1.165) is 19.4 Å². The van der Waals surface area contributed by atoms with Gasteiger partial charge < -0.3 is 4.90 Å². The van der Waals surface area contributed by atoms with Gasteiger partial charge in [0.2, 0.25) is 0 Å². The van der Waals surface area contributed by atoms with E-state index in [0.29, 0.717) is 17.8 Å². The number of carbonyl (C=O) groups excluding carboxylic acids is 1. The topological polar surface area (TPSA) is 56.5 Å². The Morgan fingerprint density at radius 2 is 2.18 bits per heavy atom. The number of rotatable bonds is 6. The molecule has 0 aliphatic rings. The molecule has 1 N–H and O–H groups in total. The number of hydrogen-bond acceptors (Lipinski definition) is 3. The van der Waals surface area contributed by atoms with E-state index in [2.05, 4.69) is 12.0 Å². The van der Waals surface area contributed by atoms with Gasteiger partial charge in [0, 0.05) is 18.7 Å². The number of amides is 1. The molecule has 0 unspecified atom stereocenters. The Morgan fingerprint density at radius 3 is 2.76 bits per heavy atom. The van der Waals surface area contributed by atoms with Gasteiger partial charge in [0.1, 0.15) is 0 Å². The highest BCUT2D eigenvalue weighted by molar-refractivity contribution is 5.94. The summed E-state index contributed by atoms with van der Waals surface area (Å²) in [4.78, 5) is 14.0. The average molecular weight is 233 g/mol. The molecule has 1 rings (SSSR count). The molecule has 0 atom stereocenters. The van der Waals surface area contributed by atoms with Crippen LogP contribution in [0.3, 0.4) is 0 Å². The maximum atomic E-state index is 12.2. The predicted octanol–water partition coefficient (Wildman–Crippen LogP) is 3.61. The van der Waals surface area contributed by atoms with E-state index < -0.39 is 0 Å². The third kappa shape index (κ3) is 3.66. The van der Waals surface area contributed by atoms with Crippen LogP contribution >= 0.6 is 0 Å². The van der Waals surface area contributed by atoms with E-state index >= 15 is 0 Å². The van der Waals surface area contributed by atoms with Crippen LogP contribution in [0.15, 0.2) is 29.4 Å². The van der Waals surface area contributed by atoms with Crippen molar-refractivity contribution in [3.8, 4) is 0 Å². The predicted molar refractivity (Wildman–Crippen MR) is 67.7 cm³/mol. The van der Waals surface area contributed by atoms with Crippen LogP contribution in [0.1, 0.15) is 37.0 Å². The van der Waals surface area contributed by atoms with Gasteiger partial charge in [0.25, 0.3) is 5.91 Å². The summed E-state index contributed by atoms with van der Waals surface area (Å²) >= 11 is 0. The summed E-state index contributed by atoms with van der Waals surface area (Å²) in [6, 6.07) is 6.90. The molecule has 0 saturated heterocycles. The van der Waals surface area contributed by atoms with E-state index in [4.69, 9.17) is 5.53 Å². The number of unbranched alkanes of at least 4 members (excludes halogenated alkanes) is 1. The molecule has 0 aliphatic carbocycles. The monoisotopic (exact) mass is 233 g/mol. The summed E-state index contributed by atoms with van der Waals surface area (Å²) in [5, 5.41) is 3.34. The van der Waals surface area contributed by atoms with Crippen LogP contribution < -0.4 is 0 Å². The third-order valence-electron chi connectivity index (χ3n) is 2.67. The minimum absolute atomic E-state index is 0.0199. The standard InChI is InChI=1S/C13H19N3O/c1-3-5-9-16(4-2)13(17)11-7-6-8-12(10-11)15-14/h6-8,10,14H,3-5,9H2,1-2H3. The van der Waals surface area contributed by atoms with Crippen molar-refractivity contribution >= 4 is 11.6 Å². The highest BCUT2D eigenvalue weighted by atomic mass is 16.2. The summed E-state index contributed by atoms with van der Waals surface area (Å²) in [5.41, 5.74) is 8.07. The highest BCUT2D eigenvalue weighted by Crippen LogP contribution is 2.15. The fourth-order valence-electron chi connectivity index (χ4n) is 1.64. The molecule has 0 saturated carbocycles. The Morgan fingerprint density at radius 1 is 1.41 bits per heavy atom. The normalized spacial score (nSPS) is 10.0. The SMILES string of the molecule is CCCCN(CC)C(=O)c1cccc(N=N)c1. The van der Waals surface area contributed by atoms with Crippen molar-refractivity contribution in [2.24, 2.45) is 5.11 Å². The first-order valence-electron chi connectivity index (χ1n) is 5.99. The van der Waals surface area contributed by atoms with E-state index in [-0.39, 0.29) is 5.91 Å². The second kappa shape index (κ2) is 6.78. The van der Waals surface area contributed by atoms with E-state index in [1.165, 1.54) is 0 Å². The molecule has 0 fully saturated rings. The number of benzene rings is 1. The van der Waals surface area contributed by atoms with E-state index in [9.17, 15) is 4.79 Å². The number of nitrogens with zero attached hydrogens (tertiary/aromatic N) is 2. The van der Waals surface area contributed by atoms with Gasteiger partial charge >= 0.3 is 0 Å². The largest absolute Gasteiger partial charge is 0.339 e. The second-order valence-corrected chi connectivity index (χ2v) is 3.90. The van der Waals surface area contributed by atoms with Crippen molar-refractivity contribution < 1.29 is 4.79 Å². The fraction of sp³-hybridized carbons (Fsp3) is 0.462. The molecule has 92 valence electrons. The van der Waals surface area contributed by atoms with Crippen LogP contribution in [0, 0.1) is 5.53 Å². The van der Waals surface area contributed by atoms with Crippen molar-refractivity contribution in [1.82, 2.24) is 4.90 Å². The lowest BCUT2D eigenvalue weighted by atomic mass is 10.1. The summed E-state index contributed by atoms with van der Waals surface area (Å²) in [6.45, 7) is 5.58. The maximum absolute atomic E-state index is 12.2. The summed E-state index contributed by atoms with van der Waals surface area (Å²) < 4.78 is 0. The first-order valence-corrected chi connectivity index (χ1v) is 5.99. The Kier molecular flexibility index (Phi) is 5.33. The molecule has 4 nitrogen and oxygen atoms in total. The molecule has 1 amide bonds. The fourth-order valence-corrected chi connectivity index (χ4v) is 1.64. The lowest BCUT2D eigenvalue weighted by Gasteiger charge is -2.20. The maximum Gasteiger partial charge on any atom is 0.253 e. The van der Waals surface area contributed by atoms with Crippen molar-refractivity contribution in [1.29, 1.82) is 5.53 Å². The Hall–Kier alpha value is -1.71. The first kappa shape index (κ1) is 13.4. The second-order valence-electron chi connectivity index (χ2n) is 3.90. The van der Waals surface area contributed by atoms with Crippen LogP contribution in [0.2, 0.25) is 0 Å². The number of hydrogen-bond donors (Lipinski definition) is 1. The molecule has 0 aromatic heterocycles. The highest BCUT2D eigenvalue weighted by Gasteiger charge is 2.13.